The fourth-order valence-electron chi connectivity index (χ4n) is 1.82. The summed E-state index contributed by atoms with van der Waals surface area (Å²) in [7, 11) is 1.59. The number of rotatable bonds is 5. The van der Waals surface area contributed by atoms with Gasteiger partial charge in [0.25, 0.3) is 0 Å². The van der Waals surface area contributed by atoms with Gasteiger partial charge in [0.2, 0.25) is 5.78 Å². The number of Topliss-reactive ketones (excluding diaryl/α,β-unsaturated/α-hetero) is 1. The van der Waals surface area contributed by atoms with Gasteiger partial charge in [-0.2, -0.15) is 0 Å². The van der Waals surface area contributed by atoms with Crippen LogP contribution in [0.1, 0.15) is 17.3 Å². The van der Waals surface area contributed by atoms with Gasteiger partial charge in [-0.3, -0.25) is 4.79 Å². The fraction of sp³-hybridized carbons (Fsp3) is 0.188. The topological polar surface area (TPSA) is 35.5 Å². The van der Waals surface area contributed by atoms with E-state index in [2.05, 4.69) is 0 Å². The van der Waals surface area contributed by atoms with Crippen LogP contribution in [0.2, 0.25) is 10.0 Å². The standard InChI is InChI=1S/C16H14Cl2O3/c1-10(21-13-6-4-12(20-2)5-7-13)16(19)14-8-3-11(17)9-15(14)18/h3-10H,1-2H3. The molecule has 1 unspecified atom stereocenters. The Kier molecular flexibility index (Phi) is 5.10. The zero-order valence-corrected chi connectivity index (χ0v) is 13.1. The Morgan fingerprint density at radius 3 is 2.24 bits per heavy atom. The number of ketones is 1. The van der Waals surface area contributed by atoms with Gasteiger partial charge in [-0.1, -0.05) is 23.2 Å². The Bertz CT molecular complexity index is 638. The average molecular weight is 325 g/mol. The van der Waals surface area contributed by atoms with E-state index in [1.54, 1.807) is 50.4 Å². The highest BCUT2D eigenvalue weighted by atomic mass is 35.5. The van der Waals surface area contributed by atoms with E-state index in [0.717, 1.165) is 5.75 Å². The molecular weight excluding hydrogens is 311 g/mol. The molecule has 0 spiro atoms. The summed E-state index contributed by atoms with van der Waals surface area (Å²) in [4.78, 5) is 12.3. The summed E-state index contributed by atoms with van der Waals surface area (Å²) in [5.41, 5.74) is 0.391. The van der Waals surface area contributed by atoms with E-state index in [0.29, 0.717) is 21.4 Å². The van der Waals surface area contributed by atoms with Crippen molar-refractivity contribution in [2.45, 2.75) is 13.0 Å². The molecule has 3 nitrogen and oxygen atoms in total. The number of methoxy groups -OCH3 is 1. The van der Waals surface area contributed by atoms with E-state index < -0.39 is 6.10 Å². The molecule has 2 rings (SSSR count). The van der Waals surface area contributed by atoms with Crippen LogP contribution in [0.25, 0.3) is 0 Å². The first-order valence-electron chi connectivity index (χ1n) is 6.31. The lowest BCUT2D eigenvalue weighted by molar-refractivity contribution is 0.0818. The molecule has 0 amide bonds. The molecule has 0 N–H and O–H groups in total. The summed E-state index contributed by atoms with van der Waals surface area (Å²) in [5, 5.41) is 0.804. The molecule has 21 heavy (non-hydrogen) atoms. The van der Waals surface area contributed by atoms with Gasteiger partial charge in [-0.05, 0) is 49.4 Å². The lowest BCUT2D eigenvalue weighted by atomic mass is 10.1. The number of benzene rings is 2. The Balaban J connectivity index is 2.11. The molecule has 0 saturated heterocycles. The molecule has 0 aliphatic rings. The van der Waals surface area contributed by atoms with E-state index in [1.165, 1.54) is 6.07 Å². The minimum absolute atomic E-state index is 0.201. The predicted octanol–water partition coefficient (Wildman–Crippen LogP) is 4.65. The van der Waals surface area contributed by atoms with Crippen LogP contribution >= 0.6 is 23.2 Å². The number of halogens is 2. The van der Waals surface area contributed by atoms with Gasteiger partial charge < -0.3 is 9.47 Å². The van der Waals surface area contributed by atoms with Gasteiger partial charge >= 0.3 is 0 Å². The first-order valence-corrected chi connectivity index (χ1v) is 7.07. The molecule has 0 aliphatic carbocycles. The highest BCUT2D eigenvalue weighted by Crippen LogP contribution is 2.24. The van der Waals surface area contributed by atoms with Crippen molar-refractivity contribution in [3.63, 3.8) is 0 Å². The lowest BCUT2D eigenvalue weighted by Gasteiger charge is -2.15. The van der Waals surface area contributed by atoms with Crippen molar-refractivity contribution in [2.75, 3.05) is 7.11 Å². The van der Waals surface area contributed by atoms with E-state index in [4.69, 9.17) is 32.7 Å². The van der Waals surface area contributed by atoms with Crippen molar-refractivity contribution in [1.82, 2.24) is 0 Å². The van der Waals surface area contributed by atoms with Crippen molar-refractivity contribution in [2.24, 2.45) is 0 Å². The van der Waals surface area contributed by atoms with Crippen molar-refractivity contribution in [3.05, 3.63) is 58.1 Å². The second-order valence-corrected chi connectivity index (χ2v) is 5.27. The zero-order valence-electron chi connectivity index (χ0n) is 11.6. The molecule has 0 radical (unpaired) electrons. The third-order valence-corrected chi connectivity index (χ3v) is 3.49. The van der Waals surface area contributed by atoms with Crippen LogP contribution in [-0.2, 0) is 0 Å². The first kappa shape index (κ1) is 15.7. The Labute approximate surface area is 133 Å². The molecule has 2 aromatic rings. The number of ether oxygens (including phenoxy) is 2. The van der Waals surface area contributed by atoms with Crippen LogP contribution in [0, 0.1) is 0 Å². The number of hydrogen-bond donors (Lipinski definition) is 0. The summed E-state index contributed by atoms with van der Waals surface area (Å²) in [6, 6.07) is 11.8. The quantitative estimate of drug-likeness (QED) is 0.751. The van der Waals surface area contributed by atoms with E-state index in [-0.39, 0.29) is 5.78 Å². The maximum Gasteiger partial charge on any atom is 0.204 e. The highest BCUT2D eigenvalue weighted by molar-refractivity contribution is 6.37. The molecule has 5 heteroatoms. The van der Waals surface area contributed by atoms with Gasteiger partial charge in [0.05, 0.1) is 12.1 Å². The van der Waals surface area contributed by atoms with Crippen LogP contribution in [0.3, 0.4) is 0 Å². The third-order valence-electron chi connectivity index (χ3n) is 2.94. The summed E-state index contributed by atoms with van der Waals surface area (Å²) >= 11 is 11.9. The minimum atomic E-state index is -0.655. The monoisotopic (exact) mass is 324 g/mol. The SMILES string of the molecule is COc1ccc(OC(C)C(=O)c2ccc(Cl)cc2Cl)cc1. The van der Waals surface area contributed by atoms with Crippen LogP contribution < -0.4 is 9.47 Å². The Hall–Kier alpha value is -1.71. The minimum Gasteiger partial charge on any atom is -0.497 e. The molecule has 0 heterocycles. The predicted molar refractivity (Wildman–Crippen MR) is 83.9 cm³/mol. The number of carbonyl (C=O) groups is 1. The van der Waals surface area contributed by atoms with Crippen molar-refractivity contribution in [3.8, 4) is 11.5 Å². The maximum absolute atomic E-state index is 12.3. The summed E-state index contributed by atoms with van der Waals surface area (Å²) in [5.74, 6) is 1.11. The molecule has 1 atom stereocenters. The van der Waals surface area contributed by atoms with E-state index >= 15 is 0 Å². The second kappa shape index (κ2) is 6.83. The molecule has 0 bridgehead atoms. The van der Waals surface area contributed by atoms with Gasteiger partial charge in [0.15, 0.2) is 6.10 Å². The zero-order chi connectivity index (χ0) is 15.4. The summed E-state index contributed by atoms with van der Waals surface area (Å²) in [6.07, 6.45) is -0.655. The van der Waals surface area contributed by atoms with Crippen LogP contribution in [0.4, 0.5) is 0 Å². The van der Waals surface area contributed by atoms with Gasteiger partial charge in [0, 0.05) is 10.6 Å². The lowest BCUT2D eigenvalue weighted by Crippen LogP contribution is -2.24. The smallest absolute Gasteiger partial charge is 0.204 e. The van der Waals surface area contributed by atoms with Gasteiger partial charge in [0.1, 0.15) is 11.5 Å². The van der Waals surface area contributed by atoms with Crippen molar-refractivity contribution in [1.29, 1.82) is 0 Å². The van der Waals surface area contributed by atoms with Crippen molar-refractivity contribution < 1.29 is 14.3 Å². The van der Waals surface area contributed by atoms with Crippen LogP contribution in [0.15, 0.2) is 42.5 Å². The Morgan fingerprint density at radius 1 is 1.05 bits per heavy atom. The van der Waals surface area contributed by atoms with Gasteiger partial charge in [-0.15, -0.1) is 0 Å². The normalized spacial score (nSPS) is 11.8. The molecule has 0 aromatic heterocycles. The second-order valence-electron chi connectivity index (χ2n) is 4.42. The fourth-order valence-corrected chi connectivity index (χ4v) is 2.32. The Morgan fingerprint density at radius 2 is 1.67 bits per heavy atom. The molecule has 110 valence electrons. The summed E-state index contributed by atoms with van der Waals surface area (Å²) < 4.78 is 10.7. The molecule has 0 saturated carbocycles. The van der Waals surface area contributed by atoms with Crippen molar-refractivity contribution >= 4 is 29.0 Å². The van der Waals surface area contributed by atoms with E-state index in [9.17, 15) is 4.79 Å². The first-order chi connectivity index (χ1) is 10.0. The third kappa shape index (κ3) is 3.90. The van der Waals surface area contributed by atoms with E-state index in [1.807, 2.05) is 0 Å². The number of hydrogen-bond acceptors (Lipinski definition) is 3. The summed E-state index contributed by atoms with van der Waals surface area (Å²) in [6.45, 7) is 1.68. The largest absolute Gasteiger partial charge is 0.497 e. The van der Waals surface area contributed by atoms with Gasteiger partial charge in [-0.25, -0.2) is 0 Å². The average Bonchev–Trinajstić information content (AvgIpc) is 2.47. The highest BCUT2D eigenvalue weighted by Gasteiger charge is 2.19. The van der Waals surface area contributed by atoms with Crippen LogP contribution in [0.5, 0.6) is 11.5 Å². The molecular formula is C16H14Cl2O3. The number of carbonyl (C=O) groups excluding carboxylic acids is 1. The van der Waals surface area contributed by atoms with Crippen LogP contribution in [-0.4, -0.2) is 19.0 Å². The molecule has 0 aliphatic heterocycles. The molecule has 2 aromatic carbocycles. The maximum atomic E-state index is 12.3. The molecule has 0 fully saturated rings.